The van der Waals surface area contributed by atoms with Crippen LogP contribution >= 0.6 is 23.2 Å². The van der Waals surface area contributed by atoms with Crippen molar-refractivity contribution in [2.75, 3.05) is 18.4 Å². The van der Waals surface area contributed by atoms with Gasteiger partial charge in [0.2, 0.25) is 0 Å². The maximum absolute atomic E-state index is 13.4. The van der Waals surface area contributed by atoms with E-state index in [1.807, 2.05) is 6.07 Å². The number of halogens is 3. The van der Waals surface area contributed by atoms with Crippen LogP contribution in [0.4, 0.5) is 4.39 Å². The second kappa shape index (κ2) is 6.92. The molecule has 0 amide bonds. The van der Waals surface area contributed by atoms with Crippen molar-refractivity contribution < 1.29 is 9.13 Å². The first-order valence-corrected chi connectivity index (χ1v) is 7.77. The van der Waals surface area contributed by atoms with Crippen LogP contribution in [-0.2, 0) is 10.2 Å². The third-order valence-electron chi connectivity index (χ3n) is 3.92. The van der Waals surface area contributed by atoms with Crippen LogP contribution in [0.5, 0.6) is 0 Å². The van der Waals surface area contributed by atoms with E-state index in [1.54, 1.807) is 12.1 Å². The number of ether oxygens (including phenoxy) is 1. The largest absolute Gasteiger partial charge is 0.378 e. The number of rotatable bonds is 6. The lowest BCUT2D eigenvalue weighted by molar-refractivity contribution is 0.0976. The minimum Gasteiger partial charge on any atom is -0.378 e. The molecule has 1 unspecified atom stereocenters. The molecule has 4 heteroatoms. The number of hydrogen-bond donors (Lipinski definition) is 0. The van der Waals surface area contributed by atoms with Gasteiger partial charge in [-0.2, -0.15) is 0 Å². The fraction of sp³-hybridized carbons (Fsp3) is 0.600. The molecule has 0 radical (unpaired) electrons. The predicted octanol–water partition coefficient (Wildman–Crippen LogP) is 4.50. The summed E-state index contributed by atoms with van der Waals surface area (Å²) in [5, 5.41) is 0. The van der Waals surface area contributed by atoms with Gasteiger partial charge < -0.3 is 4.74 Å². The molecule has 1 aliphatic heterocycles. The normalized spacial score (nSPS) is 19.8. The van der Waals surface area contributed by atoms with E-state index in [2.05, 4.69) is 0 Å². The molecule has 0 bridgehead atoms. The van der Waals surface area contributed by atoms with Crippen LogP contribution < -0.4 is 0 Å². The second-order valence-corrected chi connectivity index (χ2v) is 5.77. The first-order valence-electron chi connectivity index (χ1n) is 6.70. The predicted molar refractivity (Wildman–Crippen MR) is 77.7 cm³/mol. The molecular weight excluding hydrogens is 286 g/mol. The lowest BCUT2D eigenvalue weighted by atomic mass is 9.79. The van der Waals surface area contributed by atoms with Gasteiger partial charge in [-0.25, -0.2) is 4.39 Å². The van der Waals surface area contributed by atoms with Crippen molar-refractivity contribution >= 4 is 23.2 Å². The summed E-state index contributed by atoms with van der Waals surface area (Å²) in [7, 11) is 0. The van der Waals surface area contributed by atoms with Gasteiger partial charge >= 0.3 is 0 Å². The lowest BCUT2D eigenvalue weighted by Gasteiger charge is -2.31. The Balaban J connectivity index is 2.11. The quantitative estimate of drug-likeness (QED) is 0.703. The highest BCUT2D eigenvalue weighted by Crippen LogP contribution is 2.34. The molecule has 1 aromatic carbocycles. The lowest BCUT2D eigenvalue weighted by Crippen LogP contribution is -2.32. The molecule has 0 aromatic heterocycles. The summed E-state index contributed by atoms with van der Waals surface area (Å²) < 4.78 is 19.0. The van der Waals surface area contributed by atoms with Gasteiger partial charge in [0.15, 0.2) is 0 Å². The molecule has 0 aliphatic carbocycles. The molecule has 1 heterocycles. The average Bonchev–Trinajstić information content (AvgIpc) is 2.94. The summed E-state index contributed by atoms with van der Waals surface area (Å²) in [6.45, 7) is 0.847. The van der Waals surface area contributed by atoms with Gasteiger partial charge in [0.05, 0.1) is 6.10 Å². The van der Waals surface area contributed by atoms with Gasteiger partial charge in [-0.15, -0.1) is 23.2 Å². The van der Waals surface area contributed by atoms with E-state index in [9.17, 15) is 4.39 Å². The summed E-state index contributed by atoms with van der Waals surface area (Å²) in [5.74, 6) is 0.550. The van der Waals surface area contributed by atoms with Gasteiger partial charge in [-0.05, 0) is 43.4 Å². The topological polar surface area (TPSA) is 9.23 Å². The molecular formula is C15H19Cl2FO. The zero-order valence-corrected chi connectivity index (χ0v) is 12.4. The maximum atomic E-state index is 13.4. The Morgan fingerprint density at radius 2 is 2.11 bits per heavy atom. The molecule has 2 rings (SSSR count). The Kier molecular flexibility index (Phi) is 5.49. The Bertz CT molecular complexity index is 401. The highest BCUT2D eigenvalue weighted by Gasteiger charge is 2.32. The minimum absolute atomic E-state index is 0.241. The second-order valence-electron chi connectivity index (χ2n) is 5.23. The fourth-order valence-electron chi connectivity index (χ4n) is 2.60. The highest BCUT2D eigenvalue weighted by molar-refractivity contribution is 6.22. The molecule has 1 atom stereocenters. The standard InChI is InChI=1S/C15H19Cl2FO/c16-10-15(11-17,7-6-14-5-2-8-19-14)12-3-1-4-13(18)9-12/h1,3-4,9,14H,2,5-8,10-11H2. The van der Waals surface area contributed by atoms with Gasteiger partial charge in [-0.1, -0.05) is 12.1 Å². The molecule has 0 spiro atoms. The van der Waals surface area contributed by atoms with E-state index in [0.717, 1.165) is 37.9 Å². The summed E-state index contributed by atoms with van der Waals surface area (Å²) in [4.78, 5) is 0. The number of hydrogen-bond acceptors (Lipinski definition) is 1. The highest BCUT2D eigenvalue weighted by atomic mass is 35.5. The fourth-order valence-corrected chi connectivity index (χ4v) is 3.46. The van der Waals surface area contributed by atoms with Crippen LogP contribution in [0.3, 0.4) is 0 Å². The monoisotopic (exact) mass is 304 g/mol. The van der Waals surface area contributed by atoms with E-state index >= 15 is 0 Å². The van der Waals surface area contributed by atoms with Gasteiger partial charge in [0.1, 0.15) is 5.82 Å². The SMILES string of the molecule is Fc1cccc(C(CCl)(CCl)CCC2CCCO2)c1. The zero-order valence-electron chi connectivity index (χ0n) is 10.9. The Hall–Kier alpha value is -0.310. The van der Waals surface area contributed by atoms with Crippen LogP contribution in [0.25, 0.3) is 0 Å². The van der Waals surface area contributed by atoms with Crippen LogP contribution in [-0.4, -0.2) is 24.5 Å². The molecule has 1 nitrogen and oxygen atoms in total. The Morgan fingerprint density at radius 3 is 2.68 bits per heavy atom. The Morgan fingerprint density at radius 1 is 1.32 bits per heavy atom. The molecule has 0 saturated carbocycles. The molecule has 106 valence electrons. The van der Waals surface area contributed by atoms with Crippen molar-refractivity contribution in [3.63, 3.8) is 0 Å². The molecule has 0 N–H and O–H groups in total. The van der Waals surface area contributed by atoms with E-state index in [4.69, 9.17) is 27.9 Å². The molecule has 19 heavy (non-hydrogen) atoms. The molecule has 1 aliphatic rings. The van der Waals surface area contributed by atoms with Gasteiger partial charge in [-0.3, -0.25) is 0 Å². The van der Waals surface area contributed by atoms with Crippen LogP contribution in [0.1, 0.15) is 31.2 Å². The number of benzene rings is 1. The van der Waals surface area contributed by atoms with Gasteiger partial charge in [0.25, 0.3) is 0 Å². The molecule has 1 fully saturated rings. The van der Waals surface area contributed by atoms with Crippen LogP contribution in [0.2, 0.25) is 0 Å². The summed E-state index contributed by atoms with van der Waals surface area (Å²) in [5.41, 5.74) is 0.521. The van der Waals surface area contributed by atoms with Crippen molar-refractivity contribution in [3.8, 4) is 0 Å². The first-order chi connectivity index (χ1) is 9.20. The molecule has 1 saturated heterocycles. The van der Waals surface area contributed by atoms with Crippen LogP contribution in [0.15, 0.2) is 24.3 Å². The third kappa shape index (κ3) is 3.62. The van der Waals surface area contributed by atoms with E-state index in [1.165, 1.54) is 6.07 Å². The van der Waals surface area contributed by atoms with E-state index < -0.39 is 0 Å². The van der Waals surface area contributed by atoms with Crippen molar-refractivity contribution in [2.24, 2.45) is 0 Å². The van der Waals surface area contributed by atoms with Crippen molar-refractivity contribution in [1.82, 2.24) is 0 Å². The first kappa shape index (κ1) is 15.1. The average molecular weight is 305 g/mol. The van der Waals surface area contributed by atoms with E-state index in [-0.39, 0.29) is 11.2 Å². The van der Waals surface area contributed by atoms with Gasteiger partial charge in [0, 0.05) is 23.8 Å². The zero-order chi connectivity index (χ0) is 13.7. The van der Waals surface area contributed by atoms with Crippen molar-refractivity contribution in [1.29, 1.82) is 0 Å². The number of alkyl halides is 2. The summed E-state index contributed by atoms with van der Waals surface area (Å²) in [6.07, 6.45) is 4.28. The molecule has 1 aromatic rings. The maximum Gasteiger partial charge on any atom is 0.123 e. The Labute approximate surface area is 124 Å². The van der Waals surface area contributed by atoms with E-state index in [0.29, 0.717) is 17.9 Å². The minimum atomic E-state index is -0.364. The smallest absolute Gasteiger partial charge is 0.123 e. The van der Waals surface area contributed by atoms with Crippen LogP contribution in [0, 0.1) is 5.82 Å². The summed E-state index contributed by atoms with van der Waals surface area (Å²) >= 11 is 12.3. The van der Waals surface area contributed by atoms with Crippen molar-refractivity contribution in [2.45, 2.75) is 37.2 Å². The summed E-state index contributed by atoms with van der Waals surface area (Å²) in [6, 6.07) is 6.60. The van der Waals surface area contributed by atoms with Crippen molar-refractivity contribution in [3.05, 3.63) is 35.6 Å². The third-order valence-corrected chi connectivity index (χ3v) is 4.94.